The lowest BCUT2D eigenvalue weighted by Crippen LogP contribution is -2.50. The number of aryl methyl sites for hydroxylation is 1. The van der Waals surface area contributed by atoms with Crippen LogP contribution in [0.1, 0.15) is 42.6 Å². The molecular formula is C17H28ClN3O2. The summed E-state index contributed by atoms with van der Waals surface area (Å²) in [5, 5.41) is 5.70. The highest BCUT2D eigenvalue weighted by Crippen LogP contribution is 2.09. The second-order valence-electron chi connectivity index (χ2n) is 5.80. The number of halogens is 1. The quantitative estimate of drug-likeness (QED) is 0.632. The van der Waals surface area contributed by atoms with Crippen LogP contribution in [0.4, 0.5) is 0 Å². The fourth-order valence-corrected chi connectivity index (χ4v) is 2.17. The molecule has 0 aliphatic carbocycles. The molecule has 5 nitrogen and oxygen atoms in total. The first-order valence-corrected chi connectivity index (χ1v) is 7.81. The summed E-state index contributed by atoms with van der Waals surface area (Å²) in [5.41, 5.74) is 6.92. The zero-order chi connectivity index (χ0) is 16.5. The van der Waals surface area contributed by atoms with Crippen molar-refractivity contribution in [3.05, 3.63) is 35.4 Å². The van der Waals surface area contributed by atoms with Crippen LogP contribution in [0.5, 0.6) is 0 Å². The molecule has 6 heteroatoms. The molecule has 0 saturated heterocycles. The molecule has 0 bridgehead atoms. The van der Waals surface area contributed by atoms with E-state index in [1.807, 2.05) is 39.0 Å². The molecule has 0 saturated carbocycles. The van der Waals surface area contributed by atoms with Gasteiger partial charge in [0, 0.05) is 12.1 Å². The molecule has 1 rings (SSSR count). The van der Waals surface area contributed by atoms with Gasteiger partial charge in [0.2, 0.25) is 5.91 Å². The molecule has 0 aromatic heterocycles. The molecule has 1 atom stereocenters. The van der Waals surface area contributed by atoms with E-state index in [0.29, 0.717) is 18.7 Å². The molecule has 0 radical (unpaired) electrons. The molecule has 4 N–H and O–H groups in total. The Labute approximate surface area is 144 Å². The molecular weight excluding hydrogens is 314 g/mol. The fraction of sp³-hybridized carbons (Fsp3) is 0.529. The van der Waals surface area contributed by atoms with Crippen LogP contribution in [0.3, 0.4) is 0 Å². The molecule has 1 aromatic rings. The van der Waals surface area contributed by atoms with Gasteiger partial charge in [0.25, 0.3) is 5.91 Å². The van der Waals surface area contributed by atoms with Crippen LogP contribution < -0.4 is 16.4 Å². The van der Waals surface area contributed by atoms with Gasteiger partial charge in [-0.25, -0.2) is 0 Å². The number of hydrogen-bond donors (Lipinski definition) is 3. The topological polar surface area (TPSA) is 84.2 Å². The van der Waals surface area contributed by atoms with Crippen LogP contribution in [0, 0.1) is 12.8 Å². The summed E-state index contributed by atoms with van der Waals surface area (Å²) in [7, 11) is 0. The smallest absolute Gasteiger partial charge is 0.252 e. The average Bonchev–Trinajstić information content (AvgIpc) is 2.49. The first-order chi connectivity index (χ1) is 10.5. The SMILES string of the molecule is Cc1ccccc1C(=O)NC(C(=O)NCCCCN)C(C)C.Cl. The lowest BCUT2D eigenvalue weighted by molar-refractivity contribution is -0.123. The molecule has 23 heavy (non-hydrogen) atoms. The number of unbranched alkanes of at least 4 members (excludes halogenated alkanes) is 1. The summed E-state index contributed by atoms with van der Waals surface area (Å²) in [4.78, 5) is 24.6. The largest absolute Gasteiger partial charge is 0.354 e. The van der Waals surface area contributed by atoms with Gasteiger partial charge < -0.3 is 16.4 Å². The van der Waals surface area contributed by atoms with E-state index in [1.54, 1.807) is 6.07 Å². The van der Waals surface area contributed by atoms with Gasteiger partial charge in [-0.1, -0.05) is 32.0 Å². The van der Waals surface area contributed by atoms with Crippen molar-refractivity contribution in [3.8, 4) is 0 Å². The third kappa shape index (κ3) is 7.01. The minimum absolute atomic E-state index is 0. The molecule has 0 aliphatic heterocycles. The summed E-state index contributed by atoms with van der Waals surface area (Å²) >= 11 is 0. The van der Waals surface area contributed by atoms with Crippen LogP contribution >= 0.6 is 12.4 Å². The number of carbonyl (C=O) groups excluding carboxylic acids is 2. The molecule has 1 unspecified atom stereocenters. The Morgan fingerprint density at radius 2 is 1.83 bits per heavy atom. The number of benzene rings is 1. The van der Waals surface area contributed by atoms with E-state index >= 15 is 0 Å². The van der Waals surface area contributed by atoms with Crippen molar-refractivity contribution in [2.45, 2.75) is 39.7 Å². The van der Waals surface area contributed by atoms with Gasteiger partial charge in [-0.05, 0) is 43.9 Å². The molecule has 2 amide bonds. The van der Waals surface area contributed by atoms with E-state index in [2.05, 4.69) is 10.6 Å². The maximum atomic E-state index is 12.4. The van der Waals surface area contributed by atoms with Gasteiger partial charge in [0.1, 0.15) is 6.04 Å². The molecule has 0 spiro atoms. The zero-order valence-corrected chi connectivity index (χ0v) is 14.9. The van der Waals surface area contributed by atoms with Gasteiger partial charge in [-0.3, -0.25) is 9.59 Å². The fourth-order valence-electron chi connectivity index (χ4n) is 2.17. The van der Waals surface area contributed by atoms with Crippen LogP contribution in [-0.4, -0.2) is 30.9 Å². The van der Waals surface area contributed by atoms with E-state index in [-0.39, 0.29) is 30.1 Å². The minimum Gasteiger partial charge on any atom is -0.354 e. The third-order valence-corrected chi connectivity index (χ3v) is 3.56. The summed E-state index contributed by atoms with van der Waals surface area (Å²) in [6, 6.07) is 6.81. The Bertz CT molecular complexity index is 506. The maximum absolute atomic E-state index is 12.4. The normalized spacial score (nSPS) is 11.5. The summed E-state index contributed by atoms with van der Waals surface area (Å²) in [6.07, 6.45) is 1.72. The molecule has 0 fully saturated rings. The van der Waals surface area contributed by atoms with Crippen LogP contribution in [0.25, 0.3) is 0 Å². The second-order valence-corrected chi connectivity index (χ2v) is 5.80. The Morgan fingerprint density at radius 3 is 2.39 bits per heavy atom. The lowest BCUT2D eigenvalue weighted by Gasteiger charge is -2.22. The first kappa shape index (κ1) is 21.4. The van der Waals surface area contributed by atoms with Crippen molar-refractivity contribution in [1.29, 1.82) is 0 Å². The number of amides is 2. The van der Waals surface area contributed by atoms with Gasteiger partial charge in [-0.2, -0.15) is 0 Å². The first-order valence-electron chi connectivity index (χ1n) is 7.81. The number of nitrogens with one attached hydrogen (secondary N) is 2. The van der Waals surface area contributed by atoms with E-state index in [1.165, 1.54) is 0 Å². The Hall–Kier alpha value is -1.59. The number of hydrogen-bond acceptors (Lipinski definition) is 3. The predicted octanol–water partition coefficient (Wildman–Crippen LogP) is 2.03. The van der Waals surface area contributed by atoms with Crippen molar-refractivity contribution in [2.75, 3.05) is 13.1 Å². The highest BCUT2D eigenvalue weighted by molar-refractivity contribution is 5.98. The number of carbonyl (C=O) groups is 2. The number of rotatable bonds is 8. The van der Waals surface area contributed by atoms with Crippen molar-refractivity contribution >= 4 is 24.2 Å². The minimum atomic E-state index is -0.537. The van der Waals surface area contributed by atoms with E-state index in [9.17, 15) is 9.59 Å². The Balaban J connectivity index is 0.00000484. The van der Waals surface area contributed by atoms with Gasteiger partial charge >= 0.3 is 0 Å². The molecule has 1 aromatic carbocycles. The Morgan fingerprint density at radius 1 is 1.17 bits per heavy atom. The highest BCUT2D eigenvalue weighted by atomic mass is 35.5. The van der Waals surface area contributed by atoms with Gasteiger partial charge in [0.15, 0.2) is 0 Å². The third-order valence-electron chi connectivity index (χ3n) is 3.56. The maximum Gasteiger partial charge on any atom is 0.252 e. The lowest BCUT2D eigenvalue weighted by atomic mass is 10.0. The van der Waals surface area contributed by atoms with Crippen molar-refractivity contribution in [2.24, 2.45) is 11.7 Å². The Kier molecular flexibility index (Phi) is 10.3. The summed E-state index contributed by atoms with van der Waals surface area (Å²) < 4.78 is 0. The van der Waals surface area contributed by atoms with E-state index in [0.717, 1.165) is 18.4 Å². The van der Waals surface area contributed by atoms with Crippen molar-refractivity contribution in [3.63, 3.8) is 0 Å². The number of nitrogens with two attached hydrogens (primary N) is 1. The average molecular weight is 342 g/mol. The van der Waals surface area contributed by atoms with Crippen molar-refractivity contribution < 1.29 is 9.59 Å². The molecule has 0 aliphatic rings. The predicted molar refractivity (Wildman–Crippen MR) is 95.8 cm³/mol. The standard InChI is InChI=1S/C17H27N3O2.ClH/c1-12(2)15(17(22)19-11-7-6-10-18)20-16(21)14-9-5-4-8-13(14)3;/h4-5,8-9,12,15H,6-7,10-11,18H2,1-3H3,(H,19,22)(H,20,21);1H. The molecule has 0 heterocycles. The monoisotopic (exact) mass is 341 g/mol. The van der Waals surface area contributed by atoms with Gasteiger partial charge in [0.05, 0.1) is 0 Å². The second kappa shape index (κ2) is 11.0. The highest BCUT2D eigenvalue weighted by Gasteiger charge is 2.24. The van der Waals surface area contributed by atoms with E-state index in [4.69, 9.17) is 5.73 Å². The van der Waals surface area contributed by atoms with E-state index < -0.39 is 6.04 Å². The van der Waals surface area contributed by atoms with Gasteiger partial charge in [-0.15, -0.1) is 12.4 Å². The molecule has 130 valence electrons. The van der Waals surface area contributed by atoms with Crippen molar-refractivity contribution in [1.82, 2.24) is 10.6 Å². The van der Waals surface area contributed by atoms with Crippen LogP contribution in [-0.2, 0) is 4.79 Å². The summed E-state index contributed by atoms with van der Waals surface area (Å²) in [6.45, 7) is 6.92. The summed E-state index contributed by atoms with van der Waals surface area (Å²) in [5.74, 6) is -0.342. The zero-order valence-electron chi connectivity index (χ0n) is 14.1. The van der Waals surface area contributed by atoms with Crippen LogP contribution in [0.2, 0.25) is 0 Å². The van der Waals surface area contributed by atoms with Crippen LogP contribution in [0.15, 0.2) is 24.3 Å².